The van der Waals surface area contributed by atoms with Crippen molar-refractivity contribution in [1.82, 2.24) is 9.97 Å². The zero-order chi connectivity index (χ0) is 8.27. The highest BCUT2D eigenvalue weighted by Gasteiger charge is 2.04. The fourth-order valence-corrected chi connectivity index (χ4v) is 0.575. The van der Waals surface area contributed by atoms with Gasteiger partial charge in [-0.3, -0.25) is 0 Å². The summed E-state index contributed by atoms with van der Waals surface area (Å²) in [6.07, 6.45) is 0.711. The van der Waals surface area contributed by atoms with Gasteiger partial charge in [0.2, 0.25) is 5.88 Å². The van der Waals surface area contributed by atoms with Gasteiger partial charge in [-0.1, -0.05) is 0 Å². The van der Waals surface area contributed by atoms with E-state index in [0.29, 0.717) is 5.82 Å². The molecule has 5 heteroatoms. The first-order valence-electron chi connectivity index (χ1n) is 3.00. The molecule has 5 nitrogen and oxygen atoms in total. The van der Waals surface area contributed by atoms with E-state index < -0.39 is 6.16 Å². The van der Waals surface area contributed by atoms with Gasteiger partial charge in [0.15, 0.2) is 0 Å². The van der Waals surface area contributed by atoms with Gasteiger partial charge in [-0.05, 0) is 6.92 Å². The molecule has 0 fully saturated rings. The number of hydrogen-bond donors (Lipinski definition) is 1. The van der Waals surface area contributed by atoms with E-state index in [1.165, 1.54) is 13.3 Å². The van der Waals surface area contributed by atoms with E-state index in [0.717, 1.165) is 0 Å². The van der Waals surface area contributed by atoms with Crippen molar-refractivity contribution in [3.05, 3.63) is 12.0 Å². The number of methoxy groups -OCH3 is 1. The van der Waals surface area contributed by atoms with Crippen LogP contribution in [0.3, 0.4) is 0 Å². The highest BCUT2D eigenvalue weighted by Crippen LogP contribution is 2.05. The molecule has 0 aromatic carbocycles. The normalized spacial score (nSPS) is 9.27. The lowest BCUT2D eigenvalue weighted by atomic mass is 10.8. The lowest BCUT2D eigenvalue weighted by molar-refractivity contribution is 0.120. The molecule has 0 atom stereocenters. The molecule has 1 N–H and O–H groups in total. The molecule has 0 bridgehead atoms. The second-order valence-electron chi connectivity index (χ2n) is 1.88. The van der Waals surface area contributed by atoms with Crippen molar-refractivity contribution in [1.29, 1.82) is 0 Å². The maximum absolute atomic E-state index is 10.5. The number of rotatable bonds is 1. The number of aromatic nitrogens is 2. The van der Waals surface area contributed by atoms with Crippen molar-refractivity contribution in [3.63, 3.8) is 0 Å². The van der Waals surface area contributed by atoms with Crippen LogP contribution in [0.1, 0.15) is 5.82 Å². The number of nitrogens with zero attached hydrogens (tertiary/aromatic N) is 1. The zero-order valence-corrected chi connectivity index (χ0v) is 6.25. The van der Waals surface area contributed by atoms with Crippen LogP contribution < -0.4 is 4.74 Å². The van der Waals surface area contributed by atoms with E-state index in [1.54, 1.807) is 6.92 Å². The Hall–Kier alpha value is -1.52. The minimum atomic E-state index is -0.767. The van der Waals surface area contributed by atoms with Crippen molar-refractivity contribution in [2.75, 3.05) is 7.11 Å². The lowest BCUT2D eigenvalue weighted by Gasteiger charge is -1.95. The van der Waals surface area contributed by atoms with Crippen LogP contribution in [0.2, 0.25) is 0 Å². The Labute approximate surface area is 63.3 Å². The second-order valence-corrected chi connectivity index (χ2v) is 1.88. The fraction of sp³-hybridized carbons (Fsp3) is 0.333. The minimum absolute atomic E-state index is 0.217. The van der Waals surface area contributed by atoms with E-state index >= 15 is 0 Å². The molecule has 1 aromatic heterocycles. The SMILES string of the molecule is COC(=O)Oc1c[nH]c(C)n1. The smallest absolute Gasteiger partial charge is 0.437 e. The monoisotopic (exact) mass is 156 g/mol. The molecule has 60 valence electrons. The third kappa shape index (κ3) is 1.96. The fourth-order valence-electron chi connectivity index (χ4n) is 0.575. The predicted molar refractivity (Wildman–Crippen MR) is 36.4 cm³/mol. The van der Waals surface area contributed by atoms with E-state index in [9.17, 15) is 4.79 Å². The third-order valence-electron chi connectivity index (χ3n) is 1.04. The van der Waals surface area contributed by atoms with Crippen molar-refractivity contribution in [2.45, 2.75) is 6.92 Å². The summed E-state index contributed by atoms with van der Waals surface area (Å²) in [5, 5.41) is 0. The van der Waals surface area contributed by atoms with Crippen molar-refractivity contribution in [3.8, 4) is 5.88 Å². The number of H-pyrrole nitrogens is 1. The minimum Gasteiger partial charge on any atom is -0.437 e. The van der Waals surface area contributed by atoms with Crippen LogP contribution in [0.15, 0.2) is 6.20 Å². The molecular formula is C6H8N2O3. The maximum atomic E-state index is 10.5. The molecule has 0 aliphatic rings. The number of carbonyl (C=O) groups excluding carboxylic acids is 1. The maximum Gasteiger partial charge on any atom is 0.514 e. The molecule has 1 aromatic rings. The molecule has 0 spiro atoms. The number of imidazole rings is 1. The zero-order valence-electron chi connectivity index (χ0n) is 6.25. The van der Waals surface area contributed by atoms with E-state index in [1.807, 2.05) is 0 Å². The molecule has 0 saturated heterocycles. The summed E-state index contributed by atoms with van der Waals surface area (Å²) in [5.74, 6) is 0.901. The van der Waals surface area contributed by atoms with Gasteiger partial charge < -0.3 is 14.5 Å². The Kier molecular flexibility index (Phi) is 2.10. The molecule has 0 aliphatic heterocycles. The number of aromatic amines is 1. The number of carbonyl (C=O) groups is 1. The predicted octanol–water partition coefficient (Wildman–Crippen LogP) is 0.863. The molecule has 1 rings (SSSR count). The molecule has 0 amide bonds. The van der Waals surface area contributed by atoms with Crippen molar-refractivity contribution in [2.24, 2.45) is 0 Å². The molecule has 0 radical (unpaired) electrons. The summed E-state index contributed by atoms with van der Waals surface area (Å²) in [7, 11) is 1.24. The quantitative estimate of drug-likeness (QED) is 0.612. The third-order valence-corrected chi connectivity index (χ3v) is 1.04. The number of aryl methyl sites for hydroxylation is 1. The molecule has 11 heavy (non-hydrogen) atoms. The second kappa shape index (κ2) is 3.05. The molecule has 0 unspecified atom stereocenters. The Morgan fingerprint density at radius 3 is 2.91 bits per heavy atom. The van der Waals surface area contributed by atoms with Crippen LogP contribution in [0.25, 0.3) is 0 Å². The molecule has 0 saturated carbocycles. The van der Waals surface area contributed by atoms with Gasteiger partial charge in [-0.2, -0.15) is 4.98 Å². The molecule has 0 aliphatic carbocycles. The van der Waals surface area contributed by atoms with Gasteiger partial charge in [0.05, 0.1) is 13.3 Å². The van der Waals surface area contributed by atoms with Gasteiger partial charge >= 0.3 is 6.16 Å². The Morgan fingerprint density at radius 2 is 2.45 bits per heavy atom. The summed E-state index contributed by atoms with van der Waals surface area (Å²) < 4.78 is 8.83. The Morgan fingerprint density at radius 1 is 1.73 bits per heavy atom. The summed E-state index contributed by atoms with van der Waals surface area (Å²) >= 11 is 0. The van der Waals surface area contributed by atoms with Crippen LogP contribution >= 0.6 is 0 Å². The summed E-state index contributed by atoms with van der Waals surface area (Å²) in [4.78, 5) is 17.1. The van der Waals surface area contributed by atoms with Crippen molar-refractivity contribution < 1.29 is 14.3 Å². The van der Waals surface area contributed by atoms with Gasteiger partial charge in [-0.25, -0.2) is 4.79 Å². The first-order chi connectivity index (χ1) is 5.22. The largest absolute Gasteiger partial charge is 0.514 e. The topological polar surface area (TPSA) is 64.2 Å². The van der Waals surface area contributed by atoms with Crippen LogP contribution in [0, 0.1) is 6.92 Å². The summed E-state index contributed by atoms with van der Waals surface area (Å²) in [6.45, 7) is 1.75. The van der Waals surface area contributed by atoms with Crippen LogP contribution in [0.4, 0.5) is 4.79 Å². The summed E-state index contributed by atoms with van der Waals surface area (Å²) in [6, 6.07) is 0. The average Bonchev–Trinajstić information content (AvgIpc) is 2.35. The first-order valence-corrected chi connectivity index (χ1v) is 3.00. The molecule has 1 heterocycles. The standard InChI is InChI=1S/C6H8N2O3/c1-4-7-3-5(8-4)11-6(9)10-2/h3H,1-2H3,(H,7,8). The highest BCUT2D eigenvalue weighted by molar-refractivity contribution is 5.62. The Balaban J connectivity index is 2.57. The van der Waals surface area contributed by atoms with Crippen LogP contribution in [0.5, 0.6) is 5.88 Å². The number of nitrogens with one attached hydrogen (secondary N) is 1. The van der Waals surface area contributed by atoms with Gasteiger partial charge in [0.25, 0.3) is 0 Å². The van der Waals surface area contributed by atoms with Gasteiger partial charge in [0, 0.05) is 0 Å². The first kappa shape index (κ1) is 7.59. The van der Waals surface area contributed by atoms with Gasteiger partial charge in [0.1, 0.15) is 5.82 Å². The van der Waals surface area contributed by atoms with E-state index in [-0.39, 0.29) is 5.88 Å². The number of hydrogen-bond acceptors (Lipinski definition) is 4. The van der Waals surface area contributed by atoms with Crippen LogP contribution in [-0.4, -0.2) is 23.2 Å². The average molecular weight is 156 g/mol. The Bertz CT molecular complexity index is 256. The van der Waals surface area contributed by atoms with Crippen molar-refractivity contribution >= 4 is 6.16 Å². The van der Waals surface area contributed by atoms with E-state index in [2.05, 4.69) is 19.4 Å². The van der Waals surface area contributed by atoms with Gasteiger partial charge in [-0.15, -0.1) is 0 Å². The number of ether oxygens (including phenoxy) is 2. The van der Waals surface area contributed by atoms with E-state index in [4.69, 9.17) is 0 Å². The summed E-state index contributed by atoms with van der Waals surface area (Å²) in [5.41, 5.74) is 0. The lowest BCUT2D eigenvalue weighted by Crippen LogP contribution is -2.07. The highest BCUT2D eigenvalue weighted by atomic mass is 16.7. The molecular weight excluding hydrogens is 148 g/mol. The van der Waals surface area contributed by atoms with Crippen LogP contribution in [-0.2, 0) is 4.74 Å².